The van der Waals surface area contributed by atoms with Gasteiger partial charge in [0.2, 0.25) is 0 Å². The van der Waals surface area contributed by atoms with Crippen LogP contribution >= 0.6 is 0 Å². The van der Waals surface area contributed by atoms with Crippen molar-refractivity contribution in [3.8, 4) is 0 Å². The van der Waals surface area contributed by atoms with Gasteiger partial charge in [0.25, 0.3) is 0 Å². The Morgan fingerprint density at radius 1 is 1.02 bits per heavy atom. The molecule has 9 nitrogen and oxygen atoms in total. The number of carbonyl (C=O) groups is 3. The van der Waals surface area contributed by atoms with Gasteiger partial charge in [-0.25, -0.2) is 9.18 Å². The largest absolute Gasteiger partial charge is 0.466 e. The molecule has 1 saturated heterocycles. The van der Waals surface area contributed by atoms with Crippen molar-refractivity contribution in [2.24, 2.45) is 35.5 Å². The van der Waals surface area contributed by atoms with Crippen LogP contribution in [0.4, 0.5) is 22.4 Å². The van der Waals surface area contributed by atoms with Crippen LogP contribution in [0.25, 0.3) is 0 Å². The van der Waals surface area contributed by atoms with Crippen molar-refractivity contribution in [2.45, 2.75) is 91.5 Å². The lowest BCUT2D eigenvalue weighted by Crippen LogP contribution is -2.70. The van der Waals surface area contributed by atoms with Crippen molar-refractivity contribution < 1.29 is 55.6 Å². The molecule has 5 rings (SSSR count). The second kappa shape index (κ2) is 13.3. The fourth-order valence-corrected chi connectivity index (χ4v) is 8.42. The Hall–Kier alpha value is -3.19. The average molecular weight is 684 g/mol. The lowest BCUT2D eigenvalue weighted by Gasteiger charge is -2.63. The van der Waals surface area contributed by atoms with Crippen LogP contribution in [0.3, 0.4) is 0 Å². The van der Waals surface area contributed by atoms with Crippen LogP contribution in [0.1, 0.15) is 72.4 Å². The van der Waals surface area contributed by atoms with Gasteiger partial charge in [0, 0.05) is 44.1 Å². The molecule has 2 fully saturated rings. The quantitative estimate of drug-likeness (QED) is 0.136. The Labute approximate surface area is 278 Å². The van der Waals surface area contributed by atoms with Crippen LogP contribution in [0, 0.1) is 41.3 Å². The molecule has 8 atom stereocenters. The summed E-state index contributed by atoms with van der Waals surface area (Å²) in [6.07, 6.45) is -5.05. The van der Waals surface area contributed by atoms with Crippen molar-refractivity contribution in [1.82, 2.24) is 4.90 Å². The molecule has 48 heavy (non-hydrogen) atoms. The predicted octanol–water partition coefficient (Wildman–Crippen LogP) is 6.67. The van der Waals surface area contributed by atoms with Crippen molar-refractivity contribution in [1.29, 1.82) is 0 Å². The summed E-state index contributed by atoms with van der Waals surface area (Å²) >= 11 is 0. The van der Waals surface area contributed by atoms with Crippen LogP contribution in [0.2, 0.25) is 0 Å². The molecule has 0 radical (unpaired) electrons. The zero-order valence-corrected chi connectivity index (χ0v) is 28.4. The zero-order valence-electron chi connectivity index (χ0n) is 28.4. The summed E-state index contributed by atoms with van der Waals surface area (Å²) in [5, 5.41) is 0. The standard InChI is InChI=1S/C35H45F4NO8/c1-18-25-13-40(32(43)48-33(4,5)6)34(7)17-47-31(46-14-21-8-9-22(36)12-28(21)35(37,38)39)24-11-10-23(29(25)30(24)34)27(16-45-20(3)42)26(18)15-44-19(2)41/h8-9,12,18,23-24,26-27,30-31H,10-11,13-17H2,1-7H3/t18-,23?,24+,26?,27?,30+,31?,34+/m0/s1. The summed E-state index contributed by atoms with van der Waals surface area (Å²) < 4.78 is 84.5. The fraction of sp³-hybridized carbons (Fsp3) is 0.686. The monoisotopic (exact) mass is 683 g/mol. The molecule has 0 N–H and O–H groups in total. The van der Waals surface area contributed by atoms with Crippen molar-refractivity contribution in [2.75, 3.05) is 26.4 Å². The number of amides is 1. The molecule has 2 aliphatic heterocycles. The maximum Gasteiger partial charge on any atom is 0.416 e. The molecule has 1 aromatic carbocycles. The summed E-state index contributed by atoms with van der Waals surface area (Å²) in [7, 11) is 0. The molecular weight excluding hydrogens is 638 g/mol. The first-order chi connectivity index (χ1) is 22.3. The number of rotatable bonds is 7. The van der Waals surface area contributed by atoms with Crippen LogP contribution in [0.15, 0.2) is 29.3 Å². The van der Waals surface area contributed by atoms with Gasteiger partial charge in [-0.05, 0) is 75.6 Å². The van der Waals surface area contributed by atoms with E-state index in [4.69, 9.17) is 23.7 Å². The number of carbonyl (C=O) groups excluding carboxylic acids is 3. The van der Waals surface area contributed by atoms with Crippen LogP contribution in [-0.2, 0) is 46.1 Å². The van der Waals surface area contributed by atoms with E-state index in [1.54, 1.807) is 25.7 Å². The molecular formula is C35H45F4NO8. The van der Waals surface area contributed by atoms with E-state index in [1.807, 2.05) is 13.8 Å². The average Bonchev–Trinajstić information content (AvgIpc) is 2.97. The number of alkyl halides is 3. The zero-order chi connectivity index (χ0) is 35.3. The normalized spacial score (nSPS) is 31.6. The third-order valence-electron chi connectivity index (χ3n) is 10.5. The molecule has 0 spiro atoms. The Bertz CT molecular complexity index is 1450. The molecule has 4 unspecified atom stereocenters. The van der Waals surface area contributed by atoms with Crippen LogP contribution < -0.4 is 0 Å². The van der Waals surface area contributed by atoms with Gasteiger partial charge in [0.1, 0.15) is 11.4 Å². The summed E-state index contributed by atoms with van der Waals surface area (Å²) in [4.78, 5) is 39.5. The third kappa shape index (κ3) is 7.08. The number of nitrogens with zero attached hydrogens (tertiary/aromatic N) is 1. The number of esters is 2. The molecule has 1 amide bonds. The van der Waals surface area contributed by atoms with E-state index in [0.29, 0.717) is 18.9 Å². The first-order valence-corrected chi connectivity index (χ1v) is 16.4. The third-order valence-corrected chi connectivity index (χ3v) is 10.5. The van der Waals surface area contributed by atoms with E-state index in [9.17, 15) is 31.9 Å². The minimum atomic E-state index is -4.78. The van der Waals surface area contributed by atoms with Crippen LogP contribution in [0.5, 0.6) is 0 Å². The van der Waals surface area contributed by atoms with Gasteiger partial charge >= 0.3 is 24.2 Å². The van der Waals surface area contributed by atoms with Gasteiger partial charge in [-0.15, -0.1) is 0 Å². The Kier molecular flexibility index (Phi) is 9.97. The van der Waals surface area contributed by atoms with Gasteiger partial charge in [0.15, 0.2) is 6.29 Å². The lowest BCUT2D eigenvalue weighted by molar-refractivity contribution is -0.255. The van der Waals surface area contributed by atoms with E-state index in [0.717, 1.165) is 23.3 Å². The molecule has 266 valence electrons. The smallest absolute Gasteiger partial charge is 0.416 e. The number of benzene rings is 1. The number of ether oxygens (including phenoxy) is 5. The molecule has 0 bridgehead atoms. The maximum absolute atomic E-state index is 13.9. The second-order valence-corrected chi connectivity index (χ2v) is 14.7. The fourth-order valence-electron chi connectivity index (χ4n) is 8.42. The highest BCUT2D eigenvalue weighted by molar-refractivity contribution is 5.71. The Morgan fingerprint density at radius 2 is 1.67 bits per heavy atom. The number of halogens is 4. The van der Waals surface area contributed by atoms with Gasteiger partial charge in [0.05, 0.1) is 37.5 Å². The summed E-state index contributed by atoms with van der Waals surface area (Å²) in [5.41, 5.74) is -0.881. The molecule has 4 aliphatic rings. The lowest BCUT2D eigenvalue weighted by atomic mass is 9.51. The van der Waals surface area contributed by atoms with Gasteiger partial charge in [-0.2, -0.15) is 13.2 Å². The minimum Gasteiger partial charge on any atom is -0.466 e. The summed E-state index contributed by atoms with van der Waals surface area (Å²) in [5.74, 6) is -3.17. The predicted molar refractivity (Wildman–Crippen MR) is 163 cm³/mol. The number of hydrogen-bond acceptors (Lipinski definition) is 8. The van der Waals surface area contributed by atoms with E-state index in [-0.39, 0.29) is 67.4 Å². The van der Waals surface area contributed by atoms with E-state index in [2.05, 4.69) is 0 Å². The molecule has 1 aromatic rings. The first kappa shape index (κ1) is 36.1. The van der Waals surface area contributed by atoms with Gasteiger partial charge < -0.3 is 23.7 Å². The molecule has 2 heterocycles. The topological polar surface area (TPSA) is 101 Å². The second-order valence-electron chi connectivity index (χ2n) is 14.7. The highest BCUT2D eigenvalue weighted by atomic mass is 19.4. The Balaban J connectivity index is 1.55. The van der Waals surface area contributed by atoms with Gasteiger partial charge in [-0.1, -0.05) is 18.6 Å². The highest BCUT2D eigenvalue weighted by Gasteiger charge is 2.62. The Morgan fingerprint density at radius 3 is 2.27 bits per heavy atom. The summed E-state index contributed by atoms with van der Waals surface area (Å²) in [6, 6.07) is 2.49. The minimum absolute atomic E-state index is 0.0248. The van der Waals surface area contributed by atoms with E-state index >= 15 is 0 Å². The molecule has 1 saturated carbocycles. The number of hydrogen-bond donors (Lipinski definition) is 0. The van der Waals surface area contributed by atoms with Crippen molar-refractivity contribution in [3.63, 3.8) is 0 Å². The van der Waals surface area contributed by atoms with Gasteiger partial charge in [-0.3, -0.25) is 14.5 Å². The van der Waals surface area contributed by atoms with E-state index < -0.39 is 59.6 Å². The van der Waals surface area contributed by atoms with E-state index in [1.165, 1.54) is 13.8 Å². The van der Waals surface area contributed by atoms with Crippen molar-refractivity contribution in [3.05, 3.63) is 46.3 Å². The molecule has 0 aromatic heterocycles. The SMILES string of the molecule is CC(=O)OCC1C2CC[C@H]3C(OCc4ccc(F)cc4C(F)(F)F)OC[C@]4(C)[C@H]3C2=C(CN4C(=O)OC(C)(C)C)[C@H](C)C1COC(C)=O. The highest BCUT2D eigenvalue weighted by Crippen LogP contribution is 2.60. The molecule has 2 aliphatic carbocycles. The summed E-state index contributed by atoms with van der Waals surface area (Å²) in [6.45, 7) is 12.0. The van der Waals surface area contributed by atoms with Crippen molar-refractivity contribution >= 4 is 18.0 Å². The van der Waals surface area contributed by atoms with Crippen LogP contribution in [-0.4, -0.2) is 66.7 Å². The maximum atomic E-state index is 13.9. The molecule has 13 heteroatoms. The first-order valence-electron chi connectivity index (χ1n) is 16.4.